The molecule has 0 radical (unpaired) electrons. The van der Waals surface area contributed by atoms with E-state index in [0.29, 0.717) is 6.54 Å². The number of carbonyl (C=O) groups is 1. The van der Waals surface area contributed by atoms with E-state index in [2.05, 4.69) is 0 Å². The summed E-state index contributed by atoms with van der Waals surface area (Å²) in [6.45, 7) is 3.54. The Morgan fingerprint density at radius 2 is 2.27 bits per heavy atom. The molecule has 0 aromatic rings. The molecule has 1 fully saturated rings. The lowest BCUT2D eigenvalue weighted by Gasteiger charge is -2.45. The van der Waals surface area contributed by atoms with Crippen molar-refractivity contribution in [2.75, 3.05) is 26.8 Å². The Balaban J connectivity index is 2.77. The van der Waals surface area contributed by atoms with Gasteiger partial charge in [-0.2, -0.15) is 0 Å². The van der Waals surface area contributed by atoms with E-state index in [-0.39, 0.29) is 6.54 Å². The standard InChI is InChI=1S/C10H18FNO3/c1-10(2)6-12(8(14)5-13)4-7(11)9(10)15-3/h7,9,13H,4-6H2,1-3H3/t7-,9-/m1/s1. The first-order valence-corrected chi connectivity index (χ1v) is 4.98. The SMILES string of the molecule is CO[C@@H]1[C@H](F)CN(C(=O)CO)CC1(C)C. The minimum atomic E-state index is -1.20. The van der Waals surface area contributed by atoms with Crippen molar-refractivity contribution in [2.45, 2.75) is 26.1 Å². The molecule has 1 saturated heterocycles. The largest absolute Gasteiger partial charge is 0.387 e. The van der Waals surface area contributed by atoms with Gasteiger partial charge in [0, 0.05) is 19.1 Å². The van der Waals surface area contributed by atoms with E-state index < -0.39 is 30.2 Å². The molecule has 0 unspecified atom stereocenters. The molecule has 0 saturated carbocycles. The highest BCUT2D eigenvalue weighted by Crippen LogP contribution is 2.32. The lowest BCUT2D eigenvalue weighted by molar-refractivity contribution is -0.149. The van der Waals surface area contributed by atoms with E-state index in [1.807, 2.05) is 13.8 Å². The average molecular weight is 219 g/mol. The zero-order valence-electron chi connectivity index (χ0n) is 9.36. The Morgan fingerprint density at radius 3 is 2.67 bits per heavy atom. The van der Waals surface area contributed by atoms with Crippen LogP contribution in [-0.4, -0.2) is 55.0 Å². The predicted octanol–water partition coefficient (Wildman–Crippen LogP) is 0.200. The molecule has 1 amide bonds. The number of carbonyl (C=O) groups excluding carboxylic acids is 1. The fourth-order valence-corrected chi connectivity index (χ4v) is 2.20. The summed E-state index contributed by atoms with van der Waals surface area (Å²) in [6, 6.07) is 0. The normalized spacial score (nSPS) is 30.3. The number of aliphatic hydroxyl groups excluding tert-OH is 1. The number of likely N-dealkylation sites (tertiary alicyclic amines) is 1. The summed E-state index contributed by atoms with van der Waals surface area (Å²) in [6.07, 6.45) is -1.70. The van der Waals surface area contributed by atoms with Crippen LogP contribution >= 0.6 is 0 Å². The number of nitrogens with zero attached hydrogens (tertiary/aromatic N) is 1. The maximum absolute atomic E-state index is 13.7. The van der Waals surface area contributed by atoms with Crippen LogP contribution in [0, 0.1) is 5.41 Å². The first-order valence-electron chi connectivity index (χ1n) is 4.98. The van der Waals surface area contributed by atoms with Crippen LogP contribution in [0.25, 0.3) is 0 Å². The molecule has 1 aliphatic heterocycles. The van der Waals surface area contributed by atoms with Gasteiger partial charge in [0.25, 0.3) is 0 Å². The van der Waals surface area contributed by atoms with Gasteiger partial charge in [0.1, 0.15) is 12.8 Å². The second-order valence-corrected chi connectivity index (χ2v) is 4.59. The molecule has 15 heavy (non-hydrogen) atoms. The van der Waals surface area contributed by atoms with Crippen molar-refractivity contribution < 1.29 is 19.0 Å². The zero-order chi connectivity index (χ0) is 11.6. The number of methoxy groups -OCH3 is 1. The van der Waals surface area contributed by atoms with Gasteiger partial charge >= 0.3 is 0 Å². The third-order valence-electron chi connectivity index (χ3n) is 2.83. The first kappa shape index (κ1) is 12.4. The second kappa shape index (κ2) is 4.45. The molecule has 0 aromatic heterocycles. The van der Waals surface area contributed by atoms with Crippen molar-refractivity contribution in [1.82, 2.24) is 4.90 Å². The molecular formula is C10H18FNO3. The van der Waals surface area contributed by atoms with Gasteiger partial charge < -0.3 is 14.7 Å². The van der Waals surface area contributed by atoms with Crippen LogP contribution in [0.4, 0.5) is 4.39 Å². The van der Waals surface area contributed by atoms with Crippen molar-refractivity contribution in [3.8, 4) is 0 Å². The summed E-state index contributed by atoms with van der Waals surface area (Å²) >= 11 is 0. The molecule has 0 aliphatic carbocycles. The molecule has 5 heteroatoms. The molecule has 1 aliphatic rings. The van der Waals surface area contributed by atoms with Crippen LogP contribution in [0.15, 0.2) is 0 Å². The molecule has 88 valence electrons. The molecule has 0 bridgehead atoms. The van der Waals surface area contributed by atoms with E-state index in [0.717, 1.165) is 0 Å². The molecule has 4 nitrogen and oxygen atoms in total. The maximum atomic E-state index is 13.7. The fraction of sp³-hybridized carbons (Fsp3) is 0.900. The zero-order valence-corrected chi connectivity index (χ0v) is 9.36. The molecular weight excluding hydrogens is 201 g/mol. The van der Waals surface area contributed by atoms with Gasteiger partial charge in [-0.15, -0.1) is 0 Å². The molecule has 0 aromatic carbocycles. The number of piperidine rings is 1. The summed E-state index contributed by atoms with van der Waals surface area (Å²) in [5.41, 5.74) is -0.433. The summed E-state index contributed by atoms with van der Waals surface area (Å²) in [7, 11) is 1.47. The van der Waals surface area contributed by atoms with Crippen LogP contribution in [0.3, 0.4) is 0 Å². The van der Waals surface area contributed by atoms with E-state index in [9.17, 15) is 9.18 Å². The molecule has 1 N–H and O–H groups in total. The number of halogens is 1. The third kappa shape index (κ3) is 2.46. The number of alkyl halides is 1. The minimum absolute atomic E-state index is 0.00132. The van der Waals surface area contributed by atoms with Crippen molar-refractivity contribution in [3.63, 3.8) is 0 Å². The highest BCUT2D eigenvalue weighted by atomic mass is 19.1. The van der Waals surface area contributed by atoms with Crippen LogP contribution < -0.4 is 0 Å². The Kier molecular flexibility index (Phi) is 3.67. The Hall–Kier alpha value is -0.680. The van der Waals surface area contributed by atoms with Gasteiger partial charge in [-0.25, -0.2) is 4.39 Å². The van der Waals surface area contributed by atoms with Gasteiger partial charge in [0.15, 0.2) is 0 Å². The van der Waals surface area contributed by atoms with E-state index >= 15 is 0 Å². The van der Waals surface area contributed by atoms with Gasteiger partial charge in [-0.1, -0.05) is 13.8 Å². The van der Waals surface area contributed by atoms with Gasteiger partial charge in [-0.05, 0) is 0 Å². The monoisotopic (exact) mass is 219 g/mol. The number of ether oxygens (including phenoxy) is 1. The highest BCUT2D eigenvalue weighted by molar-refractivity contribution is 5.77. The van der Waals surface area contributed by atoms with Crippen LogP contribution in [0.5, 0.6) is 0 Å². The van der Waals surface area contributed by atoms with Crippen molar-refractivity contribution in [2.24, 2.45) is 5.41 Å². The van der Waals surface area contributed by atoms with Crippen LogP contribution in [0.2, 0.25) is 0 Å². The first-order chi connectivity index (χ1) is 6.92. The van der Waals surface area contributed by atoms with Crippen LogP contribution in [0.1, 0.15) is 13.8 Å². The summed E-state index contributed by atoms with van der Waals surface area (Å²) in [4.78, 5) is 12.6. The Bertz CT molecular complexity index is 245. The molecule has 2 atom stereocenters. The van der Waals surface area contributed by atoms with Gasteiger partial charge in [0.2, 0.25) is 5.91 Å². The van der Waals surface area contributed by atoms with Crippen molar-refractivity contribution in [3.05, 3.63) is 0 Å². The lowest BCUT2D eigenvalue weighted by atomic mass is 9.80. The average Bonchev–Trinajstić information content (AvgIpc) is 2.14. The number of hydrogen-bond donors (Lipinski definition) is 1. The van der Waals surface area contributed by atoms with Crippen LogP contribution in [-0.2, 0) is 9.53 Å². The lowest BCUT2D eigenvalue weighted by Crippen LogP contribution is -2.58. The number of rotatable bonds is 2. The van der Waals surface area contributed by atoms with Gasteiger partial charge in [0.05, 0.1) is 12.6 Å². The number of aliphatic hydroxyl groups is 1. The quantitative estimate of drug-likeness (QED) is 0.721. The minimum Gasteiger partial charge on any atom is -0.387 e. The smallest absolute Gasteiger partial charge is 0.248 e. The summed E-state index contributed by atoms with van der Waals surface area (Å²) in [5.74, 6) is -0.430. The Labute approximate surface area is 89.0 Å². The highest BCUT2D eigenvalue weighted by Gasteiger charge is 2.44. The van der Waals surface area contributed by atoms with Gasteiger partial charge in [-0.3, -0.25) is 4.79 Å². The van der Waals surface area contributed by atoms with E-state index in [1.165, 1.54) is 12.0 Å². The van der Waals surface area contributed by atoms with Crippen molar-refractivity contribution in [1.29, 1.82) is 0 Å². The molecule has 0 spiro atoms. The third-order valence-corrected chi connectivity index (χ3v) is 2.83. The van der Waals surface area contributed by atoms with E-state index in [1.54, 1.807) is 0 Å². The fourth-order valence-electron chi connectivity index (χ4n) is 2.20. The number of amides is 1. The maximum Gasteiger partial charge on any atom is 0.248 e. The molecule has 1 heterocycles. The second-order valence-electron chi connectivity index (χ2n) is 4.59. The molecule has 1 rings (SSSR count). The topological polar surface area (TPSA) is 49.8 Å². The summed E-state index contributed by atoms with van der Waals surface area (Å²) < 4.78 is 18.8. The Morgan fingerprint density at radius 1 is 1.67 bits per heavy atom. The number of hydrogen-bond acceptors (Lipinski definition) is 3. The van der Waals surface area contributed by atoms with E-state index in [4.69, 9.17) is 9.84 Å². The van der Waals surface area contributed by atoms with Crippen molar-refractivity contribution >= 4 is 5.91 Å². The predicted molar refractivity (Wildman–Crippen MR) is 53.1 cm³/mol. The summed E-state index contributed by atoms with van der Waals surface area (Å²) in [5, 5.41) is 8.72.